The normalized spacial score (nSPS) is 11.3. The van der Waals surface area contributed by atoms with E-state index in [0.29, 0.717) is 28.2 Å². The van der Waals surface area contributed by atoms with Crippen LogP contribution < -0.4 is 10.1 Å². The molecule has 0 aliphatic heterocycles. The van der Waals surface area contributed by atoms with Crippen molar-refractivity contribution >= 4 is 40.6 Å². The van der Waals surface area contributed by atoms with Crippen LogP contribution in [0, 0.1) is 10.1 Å². The molecular formula is C18H13ClF3N5O4S. The second kappa shape index (κ2) is 9.44. The highest BCUT2D eigenvalue weighted by atomic mass is 35.5. The van der Waals surface area contributed by atoms with Crippen molar-refractivity contribution in [2.75, 3.05) is 18.2 Å². The largest absolute Gasteiger partial charge is 0.496 e. The number of nitrogens with zero attached hydrogens (tertiary/aromatic N) is 3. The van der Waals surface area contributed by atoms with E-state index in [1.165, 1.54) is 7.11 Å². The van der Waals surface area contributed by atoms with E-state index in [2.05, 4.69) is 20.5 Å². The zero-order valence-corrected chi connectivity index (χ0v) is 17.6. The predicted octanol–water partition coefficient (Wildman–Crippen LogP) is 4.79. The Balaban J connectivity index is 1.70. The molecule has 0 bridgehead atoms. The van der Waals surface area contributed by atoms with Crippen molar-refractivity contribution in [3.63, 3.8) is 0 Å². The summed E-state index contributed by atoms with van der Waals surface area (Å²) in [6.45, 7) is 0. The van der Waals surface area contributed by atoms with Gasteiger partial charge in [-0.25, -0.2) is 4.98 Å². The third-order valence-electron chi connectivity index (χ3n) is 4.01. The summed E-state index contributed by atoms with van der Waals surface area (Å²) in [6, 6.07) is 6.95. The van der Waals surface area contributed by atoms with Gasteiger partial charge in [0.25, 0.3) is 5.69 Å². The van der Waals surface area contributed by atoms with Gasteiger partial charge in [-0.1, -0.05) is 23.4 Å². The number of aromatic nitrogens is 3. The molecule has 0 aliphatic rings. The number of nitrogens with one attached hydrogen (secondary N) is 2. The number of halogens is 4. The molecule has 168 valence electrons. The minimum Gasteiger partial charge on any atom is -0.496 e. The van der Waals surface area contributed by atoms with Crippen LogP contribution in [0.4, 0.5) is 24.5 Å². The Morgan fingerprint density at radius 2 is 2.06 bits per heavy atom. The van der Waals surface area contributed by atoms with Gasteiger partial charge >= 0.3 is 6.18 Å². The van der Waals surface area contributed by atoms with E-state index in [9.17, 15) is 28.1 Å². The molecule has 0 atom stereocenters. The zero-order valence-electron chi connectivity index (χ0n) is 16.1. The van der Waals surface area contributed by atoms with E-state index in [0.717, 1.165) is 23.9 Å². The number of anilines is 1. The molecular weight excluding hydrogens is 475 g/mol. The van der Waals surface area contributed by atoms with Gasteiger partial charge in [0, 0.05) is 17.2 Å². The molecule has 2 aromatic carbocycles. The number of ether oxygens (including phenoxy) is 1. The SMILES string of the molecule is COc1ccc(Cl)cc1-c1nc(SCC(=O)Nc2ccc([N+](=O)[O-])cc2C(F)(F)F)n[nH]1. The van der Waals surface area contributed by atoms with Crippen LogP contribution in [-0.2, 0) is 11.0 Å². The molecule has 0 spiro atoms. The Morgan fingerprint density at radius 1 is 1.31 bits per heavy atom. The van der Waals surface area contributed by atoms with Crippen molar-refractivity contribution in [3.05, 3.63) is 57.1 Å². The number of non-ortho nitro benzene ring substituents is 1. The van der Waals surface area contributed by atoms with Gasteiger partial charge in [-0.3, -0.25) is 20.0 Å². The number of alkyl halides is 3. The maximum absolute atomic E-state index is 13.2. The van der Waals surface area contributed by atoms with E-state index >= 15 is 0 Å². The zero-order chi connectivity index (χ0) is 23.5. The third-order valence-corrected chi connectivity index (χ3v) is 5.09. The average Bonchev–Trinajstić information content (AvgIpc) is 3.20. The number of aromatic amines is 1. The van der Waals surface area contributed by atoms with Gasteiger partial charge in [-0.15, -0.1) is 5.10 Å². The van der Waals surface area contributed by atoms with Crippen LogP contribution in [0.25, 0.3) is 11.4 Å². The number of nitro benzene ring substituents is 1. The highest BCUT2D eigenvalue weighted by Gasteiger charge is 2.35. The van der Waals surface area contributed by atoms with Crippen molar-refractivity contribution in [3.8, 4) is 17.1 Å². The van der Waals surface area contributed by atoms with Crippen LogP contribution >= 0.6 is 23.4 Å². The quantitative estimate of drug-likeness (QED) is 0.279. The van der Waals surface area contributed by atoms with Gasteiger partial charge < -0.3 is 10.1 Å². The second-order valence-electron chi connectivity index (χ2n) is 6.13. The van der Waals surface area contributed by atoms with E-state index in [-0.39, 0.29) is 10.9 Å². The molecule has 0 saturated heterocycles. The smallest absolute Gasteiger partial charge is 0.418 e. The molecule has 0 radical (unpaired) electrons. The van der Waals surface area contributed by atoms with Gasteiger partial charge in [0.05, 0.1) is 34.6 Å². The summed E-state index contributed by atoms with van der Waals surface area (Å²) in [6.07, 6.45) is -4.89. The van der Waals surface area contributed by atoms with Gasteiger partial charge in [0.15, 0.2) is 5.82 Å². The maximum atomic E-state index is 13.2. The van der Waals surface area contributed by atoms with Crippen LogP contribution in [0.2, 0.25) is 5.02 Å². The van der Waals surface area contributed by atoms with Crippen molar-refractivity contribution in [1.29, 1.82) is 0 Å². The van der Waals surface area contributed by atoms with Gasteiger partial charge in [0.1, 0.15) is 5.75 Å². The van der Waals surface area contributed by atoms with Crippen molar-refractivity contribution in [2.45, 2.75) is 11.3 Å². The number of methoxy groups -OCH3 is 1. The summed E-state index contributed by atoms with van der Waals surface area (Å²) in [4.78, 5) is 26.2. The number of benzene rings is 2. The third kappa shape index (κ3) is 5.48. The first-order valence-electron chi connectivity index (χ1n) is 8.63. The lowest BCUT2D eigenvalue weighted by atomic mass is 10.1. The molecule has 0 unspecified atom stereocenters. The van der Waals surface area contributed by atoms with Crippen molar-refractivity contribution in [1.82, 2.24) is 15.2 Å². The summed E-state index contributed by atoms with van der Waals surface area (Å²) in [5.74, 6) is -0.279. The minimum absolute atomic E-state index is 0.164. The lowest BCUT2D eigenvalue weighted by Crippen LogP contribution is -2.18. The number of rotatable bonds is 7. The summed E-state index contributed by atoms with van der Waals surface area (Å²) in [5, 5.41) is 20.1. The molecule has 1 aromatic heterocycles. The minimum atomic E-state index is -4.89. The summed E-state index contributed by atoms with van der Waals surface area (Å²) in [5.41, 5.74) is -2.12. The molecule has 3 rings (SSSR count). The molecule has 0 saturated carbocycles. The number of nitro groups is 1. The molecule has 2 N–H and O–H groups in total. The second-order valence-corrected chi connectivity index (χ2v) is 7.51. The lowest BCUT2D eigenvalue weighted by Gasteiger charge is -2.13. The van der Waals surface area contributed by atoms with Crippen LogP contribution in [0.1, 0.15) is 5.56 Å². The molecule has 14 heteroatoms. The van der Waals surface area contributed by atoms with E-state index in [1.807, 2.05) is 0 Å². The molecule has 0 fully saturated rings. The number of carbonyl (C=O) groups is 1. The average molecular weight is 488 g/mol. The fourth-order valence-electron chi connectivity index (χ4n) is 2.60. The standard InChI is InChI=1S/C18H13ClF3N5O4S/c1-31-14-5-2-9(19)6-11(14)16-24-17(26-25-16)32-8-15(28)23-13-4-3-10(27(29)30)7-12(13)18(20,21)22/h2-7H,8H2,1H3,(H,23,28)(H,24,25,26). The Labute approximate surface area is 187 Å². The van der Waals surface area contributed by atoms with E-state index < -0.39 is 33.9 Å². The Morgan fingerprint density at radius 3 is 2.72 bits per heavy atom. The number of carbonyl (C=O) groups excluding carboxylic acids is 1. The van der Waals surface area contributed by atoms with E-state index in [4.69, 9.17) is 16.3 Å². The van der Waals surface area contributed by atoms with Crippen molar-refractivity contribution in [2.24, 2.45) is 0 Å². The predicted molar refractivity (Wildman–Crippen MR) is 111 cm³/mol. The fraction of sp³-hybridized carbons (Fsp3) is 0.167. The van der Waals surface area contributed by atoms with Gasteiger partial charge in [-0.2, -0.15) is 13.2 Å². The van der Waals surface area contributed by atoms with Crippen LogP contribution in [0.15, 0.2) is 41.6 Å². The summed E-state index contributed by atoms with van der Waals surface area (Å²) in [7, 11) is 1.47. The maximum Gasteiger partial charge on any atom is 0.418 e. The summed E-state index contributed by atoms with van der Waals surface area (Å²) < 4.78 is 44.9. The molecule has 9 nitrogen and oxygen atoms in total. The number of amides is 1. The molecule has 32 heavy (non-hydrogen) atoms. The van der Waals surface area contributed by atoms with Crippen molar-refractivity contribution < 1.29 is 27.6 Å². The number of H-pyrrole nitrogens is 1. The van der Waals surface area contributed by atoms with Crippen LogP contribution in [-0.4, -0.2) is 38.9 Å². The van der Waals surface area contributed by atoms with E-state index in [1.54, 1.807) is 18.2 Å². The molecule has 3 aromatic rings. The number of hydrogen-bond acceptors (Lipinski definition) is 7. The summed E-state index contributed by atoms with van der Waals surface area (Å²) >= 11 is 6.86. The fourth-order valence-corrected chi connectivity index (χ4v) is 3.37. The molecule has 1 heterocycles. The monoisotopic (exact) mass is 487 g/mol. The first-order chi connectivity index (χ1) is 15.1. The Hall–Kier alpha value is -3.32. The van der Waals surface area contributed by atoms with Gasteiger partial charge in [0.2, 0.25) is 11.1 Å². The highest BCUT2D eigenvalue weighted by Crippen LogP contribution is 2.37. The Kier molecular flexibility index (Phi) is 6.89. The van der Waals surface area contributed by atoms with Crippen LogP contribution in [0.3, 0.4) is 0 Å². The number of thioether (sulfide) groups is 1. The molecule has 1 amide bonds. The Bertz CT molecular complexity index is 1170. The molecule has 0 aliphatic carbocycles. The first kappa shape index (κ1) is 23.3. The first-order valence-corrected chi connectivity index (χ1v) is 9.99. The lowest BCUT2D eigenvalue weighted by molar-refractivity contribution is -0.385. The highest BCUT2D eigenvalue weighted by molar-refractivity contribution is 7.99. The topological polar surface area (TPSA) is 123 Å². The van der Waals surface area contributed by atoms with Gasteiger partial charge in [-0.05, 0) is 24.3 Å². The van der Waals surface area contributed by atoms with Crippen LogP contribution in [0.5, 0.6) is 5.75 Å². The number of hydrogen-bond donors (Lipinski definition) is 2.